The number of anilines is 1. The summed E-state index contributed by atoms with van der Waals surface area (Å²) in [6, 6.07) is 7.30. The molecule has 1 aromatic carbocycles. The molecule has 6 heteroatoms. The van der Waals surface area contributed by atoms with Crippen molar-refractivity contribution in [3.05, 3.63) is 46.8 Å². The van der Waals surface area contributed by atoms with Gasteiger partial charge < -0.3 is 14.6 Å². The van der Waals surface area contributed by atoms with Gasteiger partial charge in [0.2, 0.25) is 0 Å². The summed E-state index contributed by atoms with van der Waals surface area (Å²) in [6.07, 6.45) is 2.72. The third kappa shape index (κ3) is 2.31. The molecule has 0 fully saturated rings. The molecule has 0 radical (unpaired) electrons. The van der Waals surface area contributed by atoms with E-state index >= 15 is 0 Å². The maximum absolute atomic E-state index is 13.0. The number of aryl methyl sites for hydroxylation is 2. The van der Waals surface area contributed by atoms with Crippen LogP contribution in [0.25, 0.3) is 11.1 Å². The van der Waals surface area contributed by atoms with Gasteiger partial charge in [-0.1, -0.05) is 11.2 Å². The first-order valence-corrected chi connectivity index (χ1v) is 7.90. The Morgan fingerprint density at radius 2 is 2.21 bits per heavy atom. The van der Waals surface area contributed by atoms with Crippen LogP contribution in [0, 0.1) is 6.92 Å². The molecule has 6 nitrogen and oxygen atoms in total. The molecule has 0 saturated heterocycles. The van der Waals surface area contributed by atoms with Crippen LogP contribution in [0.2, 0.25) is 0 Å². The maximum Gasteiger partial charge on any atom is 0.259 e. The predicted molar refractivity (Wildman–Crippen MR) is 89.5 cm³/mol. The van der Waals surface area contributed by atoms with Crippen molar-refractivity contribution in [3.63, 3.8) is 0 Å². The van der Waals surface area contributed by atoms with Gasteiger partial charge in [-0.3, -0.25) is 4.79 Å². The lowest BCUT2D eigenvalue weighted by Crippen LogP contribution is -2.15. The van der Waals surface area contributed by atoms with Crippen LogP contribution in [-0.2, 0) is 12.8 Å². The van der Waals surface area contributed by atoms with Crippen LogP contribution >= 0.6 is 0 Å². The quantitative estimate of drug-likeness (QED) is 0.800. The monoisotopic (exact) mass is 323 g/mol. The molecule has 122 valence electrons. The summed E-state index contributed by atoms with van der Waals surface area (Å²) >= 11 is 0. The van der Waals surface area contributed by atoms with Crippen LogP contribution in [-0.4, -0.2) is 23.2 Å². The summed E-state index contributed by atoms with van der Waals surface area (Å²) in [6.45, 7) is 1.83. The molecule has 0 saturated carbocycles. The zero-order chi connectivity index (χ0) is 16.7. The zero-order valence-corrected chi connectivity index (χ0v) is 13.5. The minimum Gasteiger partial charge on any atom is -0.497 e. The number of methoxy groups -OCH3 is 1. The molecule has 0 unspecified atom stereocenters. The number of aromatic nitrogens is 2. The van der Waals surface area contributed by atoms with Gasteiger partial charge in [0.05, 0.1) is 23.8 Å². The lowest BCUT2D eigenvalue weighted by molar-refractivity contribution is 0.102. The number of carbonyl (C=O) groups is 1. The standard InChI is InChI=1S/C18H17N3O3/c1-10-15-16(13-7-4-8-14(13)20-18(15)24-21-10)17(22)19-11-5-3-6-12(9-11)23-2/h3,5-6,9H,4,7-8H2,1-2H3,(H,19,22). The van der Waals surface area contributed by atoms with E-state index in [2.05, 4.69) is 15.5 Å². The molecule has 1 N–H and O–H groups in total. The Kier molecular flexibility index (Phi) is 3.45. The van der Waals surface area contributed by atoms with E-state index in [0.717, 1.165) is 30.5 Å². The summed E-state index contributed by atoms with van der Waals surface area (Å²) < 4.78 is 10.5. The lowest BCUT2D eigenvalue weighted by Gasteiger charge is -2.11. The highest BCUT2D eigenvalue weighted by Crippen LogP contribution is 2.32. The summed E-state index contributed by atoms with van der Waals surface area (Å²) in [4.78, 5) is 17.5. The van der Waals surface area contributed by atoms with Crippen LogP contribution in [0.3, 0.4) is 0 Å². The van der Waals surface area contributed by atoms with Crippen molar-refractivity contribution in [1.29, 1.82) is 0 Å². The molecule has 0 aliphatic heterocycles. The average Bonchev–Trinajstić information content (AvgIpc) is 3.20. The fourth-order valence-corrected chi connectivity index (χ4v) is 3.26. The van der Waals surface area contributed by atoms with Crippen molar-refractivity contribution in [3.8, 4) is 5.75 Å². The van der Waals surface area contributed by atoms with Crippen molar-refractivity contribution in [1.82, 2.24) is 10.1 Å². The molecule has 0 spiro atoms. The Morgan fingerprint density at radius 3 is 3.04 bits per heavy atom. The molecule has 0 atom stereocenters. The molecule has 4 rings (SSSR count). The second kappa shape index (κ2) is 5.63. The molecular weight excluding hydrogens is 306 g/mol. The first kappa shape index (κ1) is 14.7. The highest BCUT2D eigenvalue weighted by Gasteiger charge is 2.27. The van der Waals surface area contributed by atoms with Gasteiger partial charge in [-0.2, -0.15) is 0 Å². The Balaban J connectivity index is 1.80. The van der Waals surface area contributed by atoms with E-state index in [4.69, 9.17) is 9.26 Å². The largest absolute Gasteiger partial charge is 0.497 e. The number of hydrogen-bond acceptors (Lipinski definition) is 5. The van der Waals surface area contributed by atoms with E-state index in [9.17, 15) is 4.79 Å². The Labute approximate surface area is 138 Å². The molecule has 2 aromatic heterocycles. The number of benzene rings is 1. The van der Waals surface area contributed by atoms with Gasteiger partial charge in [-0.05, 0) is 43.9 Å². The molecule has 1 aliphatic carbocycles. The first-order valence-electron chi connectivity index (χ1n) is 7.90. The number of nitrogens with one attached hydrogen (secondary N) is 1. The van der Waals surface area contributed by atoms with Gasteiger partial charge in [0.15, 0.2) is 0 Å². The van der Waals surface area contributed by atoms with Crippen molar-refractivity contribution in [2.45, 2.75) is 26.2 Å². The minimum atomic E-state index is -0.167. The van der Waals surface area contributed by atoms with E-state index in [1.165, 1.54) is 0 Å². The lowest BCUT2D eigenvalue weighted by atomic mass is 10.0. The molecule has 0 bridgehead atoms. The third-order valence-electron chi connectivity index (χ3n) is 4.38. The summed E-state index contributed by atoms with van der Waals surface area (Å²) in [5.74, 6) is 0.527. The number of pyridine rings is 1. The van der Waals surface area contributed by atoms with Crippen molar-refractivity contribution in [2.75, 3.05) is 12.4 Å². The molecule has 2 heterocycles. The maximum atomic E-state index is 13.0. The Bertz CT molecular complexity index is 946. The number of nitrogens with zero attached hydrogens (tertiary/aromatic N) is 2. The topological polar surface area (TPSA) is 77.2 Å². The smallest absolute Gasteiger partial charge is 0.259 e. The third-order valence-corrected chi connectivity index (χ3v) is 4.38. The van der Waals surface area contributed by atoms with E-state index in [1.807, 2.05) is 25.1 Å². The fraction of sp³-hybridized carbons (Fsp3) is 0.278. The van der Waals surface area contributed by atoms with Gasteiger partial charge in [0.1, 0.15) is 5.75 Å². The second-order valence-corrected chi connectivity index (χ2v) is 5.90. The van der Waals surface area contributed by atoms with Gasteiger partial charge in [0, 0.05) is 17.4 Å². The Hall–Kier alpha value is -2.89. The summed E-state index contributed by atoms with van der Waals surface area (Å²) in [5.41, 5.74) is 4.38. The van der Waals surface area contributed by atoms with Crippen molar-refractivity contribution < 1.29 is 14.1 Å². The van der Waals surface area contributed by atoms with Gasteiger partial charge >= 0.3 is 0 Å². The summed E-state index contributed by atoms with van der Waals surface area (Å²) in [7, 11) is 1.60. The van der Waals surface area contributed by atoms with E-state index < -0.39 is 0 Å². The van der Waals surface area contributed by atoms with E-state index in [1.54, 1.807) is 13.2 Å². The predicted octanol–water partition coefficient (Wildman–Crippen LogP) is 3.28. The zero-order valence-electron chi connectivity index (χ0n) is 13.5. The Morgan fingerprint density at radius 1 is 1.33 bits per heavy atom. The molecule has 1 aliphatic rings. The highest BCUT2D eigenvalue weighted by atomic mass is 16.5. The van der Waals surface area contributed by atoms with Crippen molar-refractivity contribution in [2.24, 2.45) is 0 Å². The molecule has 24 heavy (non-hydrogen) atoms. The number of rotatable bonds is 3. The average molecular weight is 323 g/mol. The second-order valence-electron chi connectivity index (χ2n) is 5.90. The number of hydrogen-bond donors (Lipinski definition) is 1. The fourth-order valence-electron chi connectivity index (χ4n) is 3.26. The number of fused-ring (bicyclic) bond motifs is 2. The van der Waals surface area contributed by atoms with Crippen LogP contribution in [0.15, 0.2) is 28.8 Å². The number of ether oxygens (including phenoxy) is 1. The van der Waals surface area contributed by atoms with Crippen LogP contribution in [0.1, 0.15) is 33.7 Å². The van der Waals surface area contributed by atoms with Crippen molar-refractivity contribution >= 4 is 22.7 Å². The van der Waals surface area contributed by atoms with Gasteiger partial charge in [-0.15, -0.1) is 0 Å². The van der Waals surface area contributed by atoms with Gasteiger partial charge in [0.25, 0.3) is 11.6 Å². The molecule has 1 amide bonds. The molecule has 3 aromatic rings. The number of amides is 1. The highest BCUT2D eigenvalue weighted by molar-refractivity contribution is 6.13. The number of carbonyl (C=O) groups excluding carboxylic acids is 1. The van der Waals surface area contributed by atoms with Crippen LogP contribution in [0.4, 0.5) is 5.69 Å². The van der Waals surface area contributed by atoms with Crippen LogP contribution in [0.5, 0.6) is 5.75 Å². The molecular formula is C18H17N3O3. The summed E-state index contributed by atoms with van der Waals surface area (Å²) in [5, 5.41) is 7.64. The first-order chi connectivity index (χ1) is 11.7. The normalized spacial score (nSPS) is 13.1. The SMILES string of the molecule is COc1cccc(NC(=O)c2c3c(nc4onc(C)c24)CCC3)c1. The van der Waals surface area contributed by atoms with Gasteiger partial charge in [-0.25, -0.2) is 4.98 Å². The van der Waals surface area contributed by atoms with E-state index in [-0.39, 0.29) is 5.91 Å². The van der Waals surface area contributed by atoms with Crippen LogP contribution < -0.4 is 10.1 Å². The van der Waals surface area contributed by atoms with E-state index in [0.29, 0.717) is 33.8 Å². The minimum absolute atomic E-state index is 0.167.